The van der Waals surface area contributed by atoms with Crippen molar-refractivity contribution < 1.29 is 8.42 Å². The van der Waals surface area contributed by atoms with Crippen LogP contribution >= 0.6 is 0 Å². The zero-order valence-electron chi connectivity index (χ0n) is 28.9. The van der Waals surface area contributed by atoms with Gasteiger partial charge in [-0.25, -0.2) is 0 Å². The number of fused-ring (bicyclic) bond motifs is 4. The van der Waals surface area contributed by atoms with Crippen LogP contribution in [0.4, 0.5) is 34.1 Å². The third kappa shape index (κ3) is 4.91. The van der Waals surface area contributed by atoms with Crippen LogP contribution in [0.2, 0.25) is 26.2 Å². The van der Waals surface area contributed by atoms with Gasteiger partial charge in [0.2, 0.25) is 0 Å². The molecular weight excluding hydrogens is 681 g/mol. The third-order valence-corrected chi connectivity index (χ3v) is 18.6. The summed E-state index contributed by atoms with van der Waals surface area (Å²) in [5.74, 6) is 0. The molecule has 0 spiro atoms. The van der Waals surface area contributed by atoms with Gasteiger partial charge in [0.1, 0.15) is 27.6 Å². The summed E-state index contributed by atoms with van der Waals surface area (Å²) in [6.45, 7) is 9.63. The van der Waals surface area contributed by atoms with Gasteiger partial charge in [0.15, 0.2) is 0 Å². The number of nitrogens with zero attached hydrogens (tertiary/aromatic N) is 4. The maximum absolute atomic E-state index is 12.9. The van der Waals surface area contributed by atoms with Crippen molar-refractivity contribution in [3.05, 3.63) is 157 Å². The topological polar surface area (TPSA) is 65.3 Å². The first-order valence-corrected chi connectivity index (χ1v) is 24.6. The predicted octanol–water partition coefficient (Wildman–Crippen LogP) is 7.44. The van der Waals surface area contributed by atoms with Crippen molar-refractivity contribution in [3.63, 3.8) is 0 Å². The molecule has 3 heterocycles. The Kier molecular flexibility index (Phi) is 7.02. The van der Waals surface area contributed by atoms with E-state index >= 15 is 0 Å². The van der Waals surface area contributed by atoms with Crippen molar-refractivity contribution in [2.75, 3.05) is 9.80 Å². The zero-order valence-corrected chi connectivity index (χ0v) is 31.7. The van der Waals surface area contributed by atoms with Gasteiger partial charge in [0.05, 0.1) is 0 Å². The summed E-state index contributed by atoms with van der Waals surface area (Å²) < 4.78 is 34.1. The predicted molar refractivity (Wildman–Crippen MR) is 218 cm³/mol. The van der Waals surface area contributed by atoms with E-state index < -0.39 is 26.4 Å². The quantitative estimate of drug-likeness (QED) is 0.178. The van der Waals surface area contributed by atoms with Gasteiger partial charge in [-0.1, -0.05) is 123 Å². The summed E-state index contributed by atoms with van der Waals surface area (Å²) in [7, 11) is -7.83. The highest BCUT2D eigenvalue weighted by molar-refractivity contribution is 7.89. The normalized spacial score (nSPS) is 17.4. The molecule has 0 aliphatic carbocycles. The average Bonchev–Trinajstić information content (AvgIpc) is 3.48. The van der Waals surface area contributed by atoms with Gasteiger partial charge >= 0.3 is 10.2 Å². The fourth-order valence-electron chi connectivity index (χ4n) is 8.15. The second kappa shape index (κ2) is 11.3. The standard InChI is InChI=1S/C42H36N4O2SSi2/c1-50(2)37-17-9-5-13-33(37)45(34-14-6-10-18-38(34)50)31-25-21-29(22-26-31)41-42(44-49(47,48)43-41)30-23-27-32(28-24-30)46-35-15-7-11-19-39(35)51(3,4)40-20-12-8-16-36(40)46/h5-28H,1-4H3. The molecule has 0 atom stereocenters. The van der Waals surface area contributed by atoms with E-state index in [2.05, 4.69) is 142 Å². The smallest absolute Gasteiger partial charge is 0.311 e. The molecule has 3 aliphatic heterocycles. The van der Waals surface area contributed by atoms with E-state index in [1.807, 2.05) is 48.5 Å². The Bertz CT molecular complexity index is 2290. The van der Waals surface area contributed by atoms with E-state index in [-0.39, 0.29) is 0 Å². The summed E-state index contributed by atoms with van der Waals surface area (Å²) in [4.78, 5) is 4.63. The Balaban J connectivity index is 1.07. The molecule has 250 valence electrons. The lowest BCUT2D eigenvalue weighted by molar-refractivity contribution is 0.601. The summed E-state index contributed by atoms with van der Waals surface area (Å²) in [6, 6.07) is 50.7. The van der Waals surface area contributed by atoms with Gasteiger partial charge in [-0.3, -0.25) is 0 Å². The van der Waals surface area contributed by atoms with Gasteiger partial charge in [0.25, 0.3) is 0 Å². The molecule has 0 radical (unpaired) electrons. The number of hydrogen-bond donors (Lipinski definition) is 0. The Labute approximate surface area is 301 Å². The Hall–Kier alpha value is -5.36. The Morgan fingerprint density at radius 3 is 0.980 bits per heavy atom. The number of rotatable bonds is 4. The molecule has 0 saturated heterocycles. The Morgan fingerprint density at radius 1 is 0.412 bits per heavy atom. The molecule has 0 fully saturated rings. The lowest BCUT2D eigenvalue weighted by Gasteiger charge is -2.41. The second-order valence-corrected chi connectivity index (χ2v) is 24.3. The molecule has 3 aliphatic rings. The summed E-state index contributed by atoms with van der Waals surface area (Å²) in [6.07, 6.45) is 0. The van der Waals surface area contributed by atoms with E-state index in [0.29, 0.717) is 22.6 Å². The molecule has 6 aromatic rings. The van der Waals surface area contributed by atoms with Gasteiger partial charge in [0, 0.05) is 45.3 Å². The van der Waals surface area contributed by atoms with Crippen molar-refractivity contribution in [1.82, 2.24) is 0 Å². The van der Waals surface area contributed by atoms with E-state index in [1.54, 1.807) is 0 Å². The molecule has 51 heavy (non-hydrogen) atoms. The summed E-state index contributed by atoms with van der Waals surface area (Å²) >= 11 is 0. The fourth-order valence-corrected chi connectivity index (χ4v) is 15.0. The van der Waals surface area contributed by atoms with Gasteiger partial charge in [-0.05, 0) is 69.3 Å². The van der Waals surface area contributed by atoms with Crippen molar-refractivity contribution in [3.8, 4) is 0 Å². The van der Waals surface area contributed by atoms with Crippen LogP contribution in [0.5, 0.6) is 0 Å². The monoisotopic (exact) mass is 716 g/mol. The SMILES string of the molecule is C[Si]1(C)c2ccccc2N(c2ccc(C3=NS(=O)(=O)N=C3c3ccc(N4c5ccccc5[Si](C)(C)c5ccccc54)cc3)cc2)c2ccccc21. The highest BCUT2D eigenvalue weighted by atomic mass is 32.2. The first kappa shape index (κ1) is 31.6. The molecule has 0 amide bonds. The van der Waals surface area contributed by atoms with E-state index in [9.17, 15) is 8.42 Å². The molecular formula is C42H36N4O2SSi2. The first-order chi connectivity index (χ1) is 24.5. The second-order valence-electron chi connectivity index (χ2n) is 14.4. The molecule has 0 saturated carbocycles. The van der Waals surface area contributed by atoms with Crippen LogP contribution in [-0.4, -0.2) is 36.0 Å². The van der Waals surface area contributed by atoms with Crippen molar-refractivity contribution >= 4 is 92.7 Å². The van der Waals surface area contributed by atoms with E-state index in [1.165, 1.54) is 43.5 Å². The van der Waals surface area contributed by atoms with Crippen LogP contribution in [0, 0.1) is 0 Å². The zero-order chi connectivity index (χ0) is 35.1. The minimum absolute atomic E-state index is 0.351. The number of para-hydroxylation sites is 4. The molecule has 0 bridgehead atoms. The van der Waals surface area contributed by atoms with Crippen molar-refractivity contribution in [2.45, 2.75) is 26.2 Å². The molecule has 6 nitrogen and oxygen atoms in total. The average molecular weight is 717 g/mol. The maximum Gasteiger partial charge on any atom is 0.364 e. The largest absolute Gasteiger partial charge is 0.364 e. The molecule has 0 aromatic heterocycles. The third-order valence-electron chi connectivity index (χ3n) is 10.7. The van der Waals surface area contributed by atoms with Crippen LogP contribution in [0.25, 0.3) is 0 Å². The maximum atomic E-state index is 12.9. The van der Waals surface area contributed by atoms with Crippen LogP contribution in [-0.2, 0) is 10.2 Å². The number of hydrogen-bond acceptors (Lipinski definition) is 4. The van der Waals surface area contributed by atoms with Crippen LogP contribution in [0.1, 0.15) is 11.1 Å². The minimum Gasteiger partial charge on any atom is -0.311 e. The lowest BCUT2D eigenvalue weighted by atomic mass is 9.99. The van der Waals surface area contributed by atoms with Gasteiger partial charge in [-0.15, -0.1) is 8.80 Å². The van der Waals surface area contributed by atoms with Crippen LogP contribution in [0.3, 0.4) is 0 Å². The first-order valence-electron chi connectivity index (χ1n) is 17.2. The number of benzene rings is 6. The van der Waals surface area contributed by atoms with Crippen LogP contribution in [0.15, 0.2) is 154 Å². The Morgan fingerprint density at radius 2 is 0.686 bits per heavy atom. The molecule has 6 aromatic carbocycles. The highest BCUT2D eigenvalue weighted by Crippen LogP contribution is 2.40. The lowest BCUT2D eigenvalue weighted by Crippen LogP contribution is -2.58. The van der Waals surface area contributed by atoms with E-state index in [4.69, 9.17) is 0 Å². The van der Waals surface area contributed by atoms with Crippen LogP contribution < -0.4 is 30.5 Å². The molecule has 9 rings (SSSR count). The highest BCUT2D eigenvalue weighted by Gasteiger charge is 2.39. The van der Waals surface area contributed by atoms with Gasteiger partial charge in [-0.2, -0.15) is 8.42 Å². The minimum atomic E-state index is -4.02. The molecule has 0 unspecified atom stereocenters. The summed E-state index contributed by atoms with van der Waals surface area (Å²) in [5.41, 5.74) is 8.85. The van der Waals surface area contributed by atoms with Gasteiger partial charge < -0.3 is 9.80 Å². The van der Waals surface area contributed by atoms with Crippen molar-refractivity contribution in [1.29, 1.82) is 0 Å². The molecule has 9 heteroatoms. The fraction of sp³-hybridized carbons (Fsp3) is 0.0952. The summed E-state index contributed by atoms with van der Waals surface area (Å²) in [5, 5.41) is 5.55. The van der Waals surface area contributed by atoms with Crippen molar-refractivity contribution in [2.24, 2.45) is 8.80 Å². The number of anilines is 6. The molecule has 0 N–H and O–H groups in total. The van der Waals surface area contributed by atoms with E-state index in [0.717, 1.165) is 11.4 Å².